The number of hydrogen-bond acceptors (Lipinski definition) is 2. The van der Waals surface area contributed by atoms with Crippen LogP contribution in [0.4, 0.5) is 14.5 Å². The fraction of sp³-hybridized carbons (Fsp3) is 0.273. The molecule has 1 aromatic rings. The van der Waals surface area contributed by atoms with E-state index >= 15 is 0 Å². The third-order valence-corrected chi connectivity index (χ3v) is 2.35. The van der Waals surface area contributed by atoms with Crippen molar-refractivity contribution in [3.63, 3.8) is 0 Å². The van der Waals surface area contributed by atoms with Crippen molar-refractivity contribution >= 4 is 11.3 Å². The molecule has 15 heavy (non-hydrogen) atoms. The van der Waals surface area contributed by atoms with Crippen LogP contribution in [0.25, 0.3) is 5.57 Å². The molecular weight excluding hydrogens is 200 g/mol. The van der Waals surface area contributed by atoms with Crippen LogP contribution in [0.2, 0.25) is 0 Å². The van der Waals surface area contributed by atoms with Crippen LogP contribution in [0.5, 0.6) is 0 Å². The number of halogens is 2. The second-order valence-electron chi connectivity index (χ2n) is 3.41. The second kappa shape index (κ2) is 3.98. The van der Waals surface area contributed by atoms with Crippen LogP contribution >= 0.6 is 0 Å². The van der Waals surface area contributed by atoms with E-state index in [-0.39, 0.29) is 11.3 Å². The lowest BCUT2D eigenvalue weighted by atomic mass is 10.00. The number of anilines is 1. The molecule has 1 aliphatic heterocycles. The Morgan fingerprint density at radius 2 is 1.87 bits per heavy atom. The minimum absolute atomic E-state index is 0.0208. The minimum atomic E-state index is -0.611. The zero-order chi connectivity index (χ0) is 10.8. The lowest BCUT2D eigenvalue weighted by Gasteiger charge is -2.15. The second-order valence-corrected chi connectivity index (χ2v) is 3.41. The quantitative estimate of drug-likeness (QED) is 0.723. The third-order valence-electron chi connectivity index (χ3n) is 2.35. The van der Waals surface area contributed by atoms with Gasteiger partial charge in [0.25, 0.3) is 0 Å². The van der Waals surface area contributed by atoms with Crippen LogP contribution in [0, 0.1) is 11.6 Å². The van der Waals surface area contributed by atoms with Crippen molar-refractivity contribution in [1.82, 2.24) is 0 Å². The van der Waals surface area contributed by atoms with E-state index in [1.165, 1.54) is 0 Å². The molecule has 0 aliphatic carbocycles. The van der Waals surface area contributed by atoms with Gasteiger partial charge in [-0.05, 0) is 24.1 Å². The standard InChI is InChI=1S/C11H11F2NO/c12-9-5-8(14)6-10(13)11(9)7-1-3-15-4-2-7/h1,5-6H,2-4,14H2. The molecule has 1 aromatic carbocycles. The number of nitrogen functional groups attached to an aromatic ring is 1. The summed E-state index contributed by atoms with van der Waals surface area (Å²) in [6, 6.07) is 2.27. The summed E-state index contributed by atoms with van der Waals surface area (Å²) in [4.78, 5) is 0. The number of rotatable bonds is 1. The van der Waals surface area contributed by atoms with Gasteiger partial charge in [0, 0.05) is 11.3 Å². The first kappa shape index (κ1) is 10.1. The Kier molecular flexibility index (Phi) is 2.68. The Bertz CT molecular complexity index is 392. The summed E-state index contributed by atoms with van der Waals surface area (Å²) in [5.74, 6) is -1.22. The van der Waals surface area contributed by atoms with Crippen LogP contribution in [-0.4, -0.2) is 13.2 Å². The van der Waals surface area contributed by atoms with Crippen molar-refractivity contribution in [1.29, 1.82) is 0 Å². The first-order chi connectivity index (χ1) is 7.18. The fourth-order valence-corrected chi connectivity index (χ4v) is 1.65. The summed E-state index contributed by atoms with van der Waals surface area (Å²) >= 11 is 0. The Labute approximate surface area is 86.3 Å². The Morgan fingerprint density at radius 1 is 1.20 bits per heavy atom. The van der Waals surface area contributed by atoms with E-state index in [2.05, 4.69) is 0 Å². The Balaban J connectivity index is 2.47. The van der Waals surface area contributed by atoms with Crippen LogP contribution in [-0.2, 0) is 4.74 Å². The molecule has 0 aromatic heterocycles. The van der Waals surface area contributed by atoms with E-state index in [0.717, 1.165) is 12.1 Å². The van der Waals surface area contributed by atoms with Gasteiger partial charge in [-0.15, -0.1) is 0 Å². The molecule has 0 bridgehead atoms. The van der Waals surface area contributed by atoms with Gasteiger partial charge in [0.1, 0.15) is 11.6 Å². The van der Waals surface area contributed by atoms with Crippen LogP contribution in [0.3, 0.4) is 0 Å². The van der Waals surface area contributed by atoms with Crippen molar-refractivity contribution in [2.45, 2.75) is 6.42 Å². The molecule has 0 atom stereocenters. The summed E-state index contributed by atoms with van der Waals surface area (Å²) < 4.78 is 32.1. The van der Waals surface area contributed by atoms with Crippen molar-refractivity contribution in [2.24, 2.45) is 0 Å². The van der Waals surface area contributed by atoms with Gasteiger partial charge in [0.05, 0.1) is 13.2 Å². The highest BCUT2D eigenvalue weighted by atomic mass is 19.1. The molecule has 1 heterocycles. The maximum atomic E-state index is 13.5. The van der Waals surface area contributed by atoms with Gasteiger partial charge in [-0.25, -0.2) is 8.78 Å². The number of ether oxygens (including phenoxy) is 1. The van der Waals surface area contributed by atoms with Crippen LogP contribution in [0.15, 0.2) is 18.2 Å². The van der Waals surface area contributed by atoms with Crippen molar-refractivity contribution in [3.8, 4) is 0 Å². The summed E-state index contributed by atoms with van der Waals surface area (Å²) in [5, 5.41) is 0. The Hall–Kier alpha value is -1.42. The summed E-state index contributed by atoms with van der Waals surface area (Å²) in [5.41, 5.74) is 6.10. The van der Waals surface area contributed by atoms with E-state index < -0.39 is 11.6 Å². The molecular formula is C11H11F2NO. The minimum Gasteiger partial charge on any atom is -0.399 e. The van der Waals surface area contributed by atoms with Gasteiger partial charge in [0.15, 0.2) is 0 Å². The van der Waals surface area contributed by atoms with Crippen molar-refractivity contribution in [2.75, 3.05) is 18.9 Å². The first-order valence-corrected chi connectivity index (χ1v) is 4.70. The van der Waals surface area contributed by atoms with Crippen LogP contribution in [0.1, 0.15) is 12.0 Å². The average molecular weight is 211 g/mol. The highest BCUT2D eigenvalue weighted by Crippen LogP contribution is 2.27. The highest BCUT2D eigenvalue weighted by molar-refractivity contribution is 5.68. The van der Waals surface area contributed by atoms with Crippen LogP contribution < -0.4 is 5.73 Å². The van der Waals surface area contributed by atoms with E-state index in [0.29, 0.717) is 25.2 Å². The number of benzene rings is 1. The van der Waals surface area contributed by atoms with Crippen molar-refractivity contribution in [3.05, 3.63) is 35.4 Å². The molecule has 2 nitrogen and oxygen atoms in total. The molecule has 1 aliphatic rings. The highest BCUT2D eigenvalue weighted by Gasteiger charge is 2.16. The SMILES string of the molecule is Nc1cc(F)c(C2=CCOCC2)c(F)c1. The summed E-state index contributed by atoms with van der Waals surface area (Å²) in [6.07, 6.45) is 2.22. The normalized spacial score (nSPS) is 16.3. The molecule has 0 spiro atoms. The molecule has 0 saturated heterocycles. The molecule has 0 fully saturated rings. The molecule has 0 radical (unpaired) electrons. The van der Waals surface area contributed by atoms with Crippen molar-refractivity contribution < 1.29 is 13.5 Å². The number of nitrogens with two attached hydrogens (primary N) is 1. The van der Waals surface area contributed by atoms with Gasteiger partial charge in [-0.2, -0.15) is 0 Å². The predicted molar refractivity (Wildman–Crippen MR) is 54.2 cm³/mol. The summed E-state index contributed by atoms with van der Waals surface area (Å²) in [7, 11) is 0. The molecule has 4 heteroatoms. The van der Waals surface area contributed by atoms with Gasteiger partial charge in [0.2, 0.25) is 0 Å². The molecule has 80 valence electrons. The van der Waals surface area contributed by atoms with Gasteiger partial charge >= 0.3 is 0 Å². The van der Waals surface area contributed by atoms with E-state index in [4.69, 9.17) is 10.5 Å². The average Bonchev–Trinajstić information content (AvgIpc) is 2.17. The zero-order valence-corrected chi connectivity index (χ0v) is 8.09. The maximum Gasteiger partial charge on any atom is 0.135 e. The monoisotopic (exact) mass is 211 g/mol. The van der Waals surface area contributed by atoms with Gasteiger partial charge in [-0.3, -0.25) is 0 Å². The zero-order valence-electron chi connectivity index (χ0n) is 8.09. The smallest absolute Gasteiger partial charge is 0.135 e. The third kappa shape index (κ3) is 1.99. The summed E-state index contributed by atoms with van der Waals surface area (Å²) in [6.45, 7) is 0.897. The first-order valence-electron chi connectivity index (χ1n) is 4.70. The van der Waals surface area contributed by atoms with E-state index in [9.17, 15) is 8.78 Å². The molecule has 0 amide bonds. The molecule has 0 saturated carbocycles. The lowest BCUT2D eigenvalue weighted by molar-refractivity contribution is 0.161. The Morgan fingerprint density at radius 3 is 2.40 bits per heavy atom. The fourth-order valence-electron chi connectivity index (χ4n) is 1.65. The number of hydrogen-bond donors (Lipinski definition) is 1. The topological polar surface area (TPSA) is 35.2 Å². The molecule has 0 unspecified atom stereocenters. The molecule has 2 rings (SSSR count). The van der Waals surface area contributed by atoms with Gasteiger partial charge in [-0.1, -0.05) is 6.08 Å². The maximum absolute atomic E-state index is 13.5. The lowest BCUT2D eigenvalue weighted by Crippen LogP contribution is -2.07. The predicted octanol–water partition coefficient (Wildman–Crippen LogP) is 2.35. The van der Waals surface area contributed by atoms with E-state index in [1.807, 2.05) is 0 Å². The van der Waals surface area contributed by atoms with E-state index in [1.54, 1.807) is 6.08 Å². The molecule has 2 N–H and O–H groups in total. The van der Waals surface area contributed by atoms with Gasteiger partial charge < -0.3 is 10.5 Å². The largest absolute Gasteiger partial charge is 0.399 e.